The summed E-state index contributed by atoms with van der Waals surface area (Å²) >= 11 is 0. The first-order valence-corrected chi connectivity index (χ1v) is 9.30. The molecule has 2 aromatic rings. The number of nitrogens with zero attached hydrogens (tertiary/aromatic N) is 2. The summed E-state index contributed by atoms with van der Waals surface area (Å²) in [5.41, 5.74) is 1.91. The third kappa shape index (κ3) is 3.40. The van der Waals surface area contributed by atoms with Crippen molar-refractivity contribution in [2.24, 2.45) is 0 Å². The molecule has 0 unspecified atom stereocenters. The third-order valence-corrected chi connectivity index (χ3v) is 5.19. The van der Waals surface area contributed by atoms with E-state index >= 15 is 0 Å². The zero-order valence-corrected chi connectivity index (χ0v) is 15.0. The number of hydrogen-bond acceptors (Lipinski definition) is 5. The first-order valence-electron chi connectivity index (χ1n) is 9.30. The summed E-state index contributed by atoms with van der Waals surface area (Å²) in [6.45, 7) is 2.37. The summed E-state index contributed by atoms with van der Waals surface area (Å²) < 4.78 is 0. The van der Waals surface area contributed by atoms with Crippen LogP contribution in [0.3, 0.4) is 0 Å². The molecule has 2 aliphatic rings. The lowest BCUT2D eigenvalue weighted by molar-refractivity contribution is -0.122. The molecule has 1 fully saturated rings. The van der Waals surface area contributed by atoms with Crippen molar-refractivity contribution in [3.8, 4) is 0 Å². The molecule has 0 spiro atoms. The van der Waals surface area contributed by atoms with E-state index in [-0.39, 0.29) is 24.0 Å². The Morgan fingerprint density at radius 3 is 2.41 bits per heavy atom. The second kappa shape index (κ2) is 7.40. The molecule has 0 radical (unpaired) electrons. The molecule has 1 aliphatic carbocycles. The summed E-state index contributed by atoms with van der Waals surface area (Å²) in [7, 11) is 0. The van der Waals surface area contributed by atoms with Gasteiger partial charge in [0.1, 0.15) is 0 Å². The molecule has 1 amide bonds. The maximum absolute atomic E-state index is 12.9. The zero-order chi connectivity index (χ0) is 18.8. The Morgan fingerprint density at radius 2 is 1.67 bits per heavy atom. The highest BCUT2D eigenvalue weighted by Gasteiger charge is 2.31. The predicted octanol–water partition coefficient (Wildman–Crippen LogP) is 1.96. The molecule has 0 bridgehead atoms. The van der Waals surface area contributed by atoms with Crippen molar-refractivity contribution in [2.75, 3.05) is 19.6 Å². The van der Waals surface area contributed by atoms with E-state index in [1.165, 1.54) is 12.6 Å². The van der Waals surface area contributed by atoms with Crippen LogP contribution < -0.4 is 5.32 Å². The number of hydrogen-bond donors (Lipinski definition) is 1. The van der Waals surface area contributed by atoms with Crippen molar-refractivity contribution >= 4 is 17.5 Å². The monoisotopic (exact) mass is 363 g/mol. The van der Waals surface area contributed by atoms with Gasteiger partial charge in [-0.3, -0.25) is 24.3 Å². The van der Waals surface area contributed by atoms with Gasteiger partial charge in [0.2, 0.25) is 5.91 Å². The number of ketones is 2. The summed E-state index contributed by atoms with van der Waals surface area (Å²) in [5, 5.41) is 2.85. The number of benzene rings is 1. The van der Waals surface area contributed by atoms with Gasteiger partial charge in [-0.15, -0.1) is 0 Å². The van der Waals surface area contributed by atoms with Gasteiger partial charge in [0.25, 0.3) is 0 Å². The lowest BCUT2D eigenvalue weighted by atomic mass is 9.83. The van der Waals surface area contributed by atoms with Gasteiger partial charge in [-0.2, -0.15) is 0 Å². The van der Waals surface area contributed by atoms with Crippen molar-refractivity contribution in [2.45, 2.75) is 25.8 Å². The van der Waals surface area contributed by atoms with E-state index in [0.29, 0.717) is 34.5 Å². The van der Waals surface area contributed by atoms with Crippen molar-refractivity contribution in [1.29, 1.82) is 0 Å². The first-order chi connectivity index (χ1) is 13.1. The van der Waals surface area contributed by atoms with Crippen LogP contribution in [0.5, 0.6) is 0 Å². The largest absolute Gasteiger partial charge is 0.349 e. The zero-order valence-electron chi connectivity index (χ0n) is 15.0. The highest BCUT2D eigenvalue weighted by molar-refractivity contribution is 6.28. The highest BCUT2D eigenvalue weighted by Crippen LogP contribution is 2.28. The molecule has 6 heteroatoms. The fourth-order valence-electron chi connectivity index (χ4n) is 3.80. The minimum absolute atomic E-state index is 0.0914. The van der Waals surface area contributed by atoms with Gasteiger partial charge in [-0.25, -0.2) is 0 Å². The van der Waals surface area contributed by atoms with Crippen molar-refractivity contribution in [3.63, 3.8) is 0 Å². The predicted molar refractivity (Wildman–Crippen MR) is 99.7 cm³/mol. The highest BCUT2D eigenvalue weighted by atomic mass is 16.2. The minimum atomic E-state index is -0.214. The normalized spacial score (nSPS) is 16.6. The van der Waals surface area contributed by atoms with Crippen molar-refractivity contribution in [3.05, 3.63) is 64.5 Å². The number of carbonyl (C=O) groups is 3. The lowest BCUT2D eigenvalue weighted by Crippen LogP contribution is -2.40. The summed E-state index contributed by atoms with van der Waals surface area (Å²) in [6.07, 6.45) is 4.98. The van der Waals surface area contributed by atoms with E-state index in [1.54, 1.807) is 30.3 Å². The first kappa shape index (κ1) is 17.5. The number of aromatic nitrogens is 1. The van der Waals surface area contributed by atoms with Crippen molar-refractivity contribution < 1.29 is 14.4 Å². The van der Waals surface area contributed by atoms with Crippen LogP contribution >= 0.6 is 0 Å². The number of pyridine rings is 1. The van der Waals surface area contributed by atoms with Crippen LogP contribution in [0.15, 0.2) is 36.5 Å². The molecule has 1 aromatic heterocycles. The molecule has 1 aliphatic heterocycles. The molecule has 1 aromatic carbocycles. The Hall–Kier alpha value is -2.86. The molecule has 138 valence electrons. The average molecular weight is 363 g/mol. The lowest BCUT2D eigenvalue weighted by Gasteiger charge is -2.25. The fourth-order valence-corrected chi connectivity index (χ4v) is 3.80. The van der Waals surface area contributed by atoms with Crippen LogP contribution in [0.2, 0.25) is 0 Å². The maximum atomic E-state index is 12.9. The van der Waals surface area contributed by atoms with E-state index in [0.717, 1.165) is 25.9 Å². The molecular formula is C21H21N3O3. The Kier molecular flexibility index (Phi) is 4.81. The topological polar surface area (TPSA) is 79.4 Å². The molecular weight excluding hydrogens is 342 g/mol. The summed E-state index contributed by atoms with van der Waals surface area (Å²) in [6, 6.07) is 8.39. The van der Waals surface area contributed by atoms with E-state index in [1.807, 2.05) is 0 Å². The van der Waals surface area contributed by atoms with E-state index in [4.69, 9.17) is 0 Å². The smallest absolute Gasteiger partial charge is 0.234 e. The molecule has 1 N–H and O–H groups in total. The van der Waals surface area contributed by atoms with Gasteiger partial charge in [0.15, 0.2) is 11.6 Å². The van der Waals surface area contributed by atoms with Crippen LogP contribution in [0.4, 0.5) is 0 Å². The van der Waals surface area contributed by atoms with Crippen LogP contribution in [0.25, 0.3) is 0 Å². The van der Waals surface area contributed by atoms with Gasteiger partial charge in [-0.1, -0.05) is 30.7 Å². The number of carbonyl (C=O) groups excluding carboxylic acids is 3. The molecule has 1 saturated heterocycles. The van der Waals surface area contributed by atoms with Crippen molar-refractivity contribution in [1.82, 2.24) is 15.2 Å². The van der Waals surface area contributed by atoms with Crippen LogP contribution in [-0.2, 0) is 11.3 Å². The summed E-state index contributed by atoms with van der Waals surface area (Å²) in [4.78, 5) is 44.3. The van der Waals surface area contributed by atoms with Gasteiger partial charge in [-0.05, 0) is 32.0 Å². The van der Waals surface area contributed by atoms with E-state index in [9.17, 15) is 14.4 Å². The van der Waals surface area contributed by atoms with Crippen LogP contribution in [0.1, 0.15) is 56.8 Å². The standard InChI is InChI=1S/C21H21N3O3/c25-18(13-24-10-4-1-5-11-24)23-12-17-19-16(8-9-22-17)20(26)14-6-2-3-7-15(14)21(19)27/h2-3,6-9H,1,4-5,10-13H2,(H,23,25). The van der Waals surface area contributed by atoms with Crippen LogP contribution in [0, 0.1) is 0 Å². The maximum Gasteiger partial charge on any atom is 0.234 e. The molecule has 0 atom stereocenters. The molecule has 0 saturated carbocycles. The molecule has 4 rings (SSSR count). The fraction of sp³-hybridized carbons (Fsp3) is 0.333. The Labute approximate surface area is 157 Å². The van der Waals surface area contributed by atoms with Crippen LogP contribution in [-0.4, -0.2) is 47.0 Å². The Balaban J connectivity index is 1.52. The number of rotatable bonds is 4. The van der Waals surface area contributed by atoms with Gasteiger partial charge in [0.05, 0.1) is 24.3 Å². The van der Waals surface area contributed by atoms with Gasteiger partial charge in [0, 0.05) is 22.9 Å². The number of piperidine rings is 1. The average Bonchev–Trinajstić information content (AvgIpc) is 2.71. The molecule has 27 heavy (non-hydrogen) atoms. The van der Waals surface area contributed by atoms with E-state index < -0.39 is 0 Å². The number of likely N-dealkylation sites (tertiary alicyclic amines) is 1. The van der Waals surface area contributed by atoms with E-state index in [2.05, 4.69) is 15.2 Å². The Morgan fingerprint density at radius 1 is 0.963 bits per heavy atom. The molecule has 6 nitrogen and oxygen atoms in total. The second-order valence-electron chi connectivity index (χ2n) is 7.00. The molecule has 2 heterocycles. The number of fused-ring (bicyclic) bond motifs is 2. The SMILES string of the molecule is O=C(CN1CCCCC1)NCc1nccc2c1C(=O)c1ccccc1C2=O. The summed E-state index contributed by atoms with van der Waals surface area (Å²) in [5.74, 6) is -0.483. The van der Waals surface area contributed by atoms with Gasteiger partial charge >= 0.3 is 0 Å². The second-order valence-corrected chi connectivity index (χ2v) is 7.00. The number of nitrogens with one attached hydrogen (secondary N) is 1. The third-order valence-electron chi connectivity index (χ3n) is 5.19. The van der Waals surface area contributed by atoms with Gasteiger partial charge < -0.3 is 5.32 Å². The number of amides is 1. The quantitative estimate of drug-likeness (QED) is 0.767. The minimum Gasteiger partial charge on any atom is -0.349 e. The Bertz CT molecular complexity index is 917.